The van der Waals surface area contributed by atoms with Crippen molar-refractivity contribution >= 4 is 93.4 Å². The summed E-state index contributed by atoms with van der Waals surface area (Å²) < 4.78 is 13.3. The van der Waals surface area contributed by atoms with Crippen molar-refractivity contribution in [1.82, 2.24) is 13.7 Å². The molecule has 0 aliphatic carbocycles. The van der Waals surface area contributed by atoms with Crippen LogP contribution in [0.3, 0.4) is 0 Å². The first-order valence-electron chi connectivity index (χ1n) is 22.1. The fourth-order valence-corrected chi connectivity index (χ4v) is 11.0. The average molecular weight is 821 g/mol. The lowest BCUT2D eigenvalue weighted by molar-refractivity contribution is 0.633. The van der Waals surface area contributed by atoms with Crippen LogP contribution in [0.25, 0.3) is 93.4 Å². The summed E-state index contributed by atoms with van der Waals surface area (Å²) in [5.74, 6) is 0. The lowest BCUT2D eigenvalue weighted by atomic mass is 9.73. The van der Waals surface area contributed by atoms with Gasteiger partial charge in [0.15, 0.2) is 0 Å². The van der Waals surface area contributed by atoms with Crippen LogP contribution in [0.5, 0.6) is 0 Å². The molecule has 4 aromatic heterocycles. The number of fused-ring (bicyclic) bond motifs is 11. The summed E-state index contributed by atoms with van der Waals surface area (Å²) in [4.78, 5) is 2.47. The molecule has 1 aliphatic rings. The normalized spacial score (nSPS) is 13.6. The van der Waals surface area contributed by atoms with Crippen molar-refractivity contribution in [2.75, 3.05) is 4.90 Å². The van der Waals surface area contributed by atoms with Crippen LogP contribution < -0.4 is 4.90 Å². The minimum atomic E-state index is -0.206. The number of furan rings is 1. The van der Waals surface area contributed by atoms with E-state index in [2.05, 4.69) is 227 Å². The van der Waals surface area contributed by atoms with Crippen molar-refractivity contribution in [1.29, 1.82) is 0 Å². The number of aromatic nitrogens is 3. The zero-order valence-electron chi connectivity index (χ0n) is 35.3. The third-order valence-corrected chi connectivity index (χ3v) is 14.1. The third kappa shape index (κ3) is 4.89. The number of anilines is 3. The highest BCUT2D eigenvalue weighted by Gasteiger charge is 2.37. The predicted molar refractivity (Wildman–Crippen MR) is 266 cm³/mol. The first kappa shape index (κ1) is 35.3. The Labute approximate surface area is 368 Å². The number of hydrogen-bond acceptors (Lipinski definition) is 2. The van der Waals surface area contributed by atoms with Gasteiger partial charge in [-0.2, -0.15) is 0 Å². The van der Waals surface area contributed by atoms with Crippen molar-refractivity contribution in [3.63, 3.8) is 0 Å². The van der Waals surface area contributed by atoms with Gasteiger partial charge in [-0.05, 0) is 120 Å². The van der Waals surface area contributed by atoms with E-state index in [1.165, 1.54) is 77.1 Å². The topological polar surface area (TPSA) is 31.2 Å². The van der Waals surface area contributed by atoms with Crippen LogP contribution >= 0.6 is 0 Å². The molecular formula is C59H40N4O. The molecule has 0 saturated carbocycles. The molecule has 302 valence electrons. The number of para-hydroxylation sites is 3. The highest BCUT2D eigenvalue weighted by Crippen LogP contribution is 2.53. The summed E-state index contributed by atoms with van der Waals surface area (Å²) in [6, 6.07) is 71.0. The van der Waals surface area contributed by atoms with Crippen LogP contribution in [0, 0.1) is 0 Å². The Morgan fingerprint density at radius 3 is 1.91 bits per heavy atom. The standard InChI is InChI=1S/C59H40N4O/c1-59(2)48-17-7-9-19-52(48)63(56-36-54-39(33-49(56)59)29-31-61(54)50-20-11-13-37-12-3-4-14-43(37)50)41-24-22-40(23-25-41)62-51-18-8-5-15-44(51)46-32-38-28-30-60(53(38)35-55(46)62)42-26-27-58-47(34-42)45-16-6-10-21-57(45)64-58/h3-36H,1-2H3. The van der Waals surface area contributed by atoms with Gasteiger partial charge in [0.1, 0.15) is 11.2 Å². The second kappa shape index (κ2) is 12.9. The average Bonchev–Trinajstić information content (AvgIpc) is 4.12. The number of hydrogen-bond donors (Lipinski definition) is 0. The van der Waals surface area contributed by atoms with E-state index < -0.39 is 0 Å². The Bertz CT molecular complexity index is 4060. The summed E-state index contributed by atoms with van der Waals surface area (Å²) in [6.07, 6.45) is 4.42. The maximum absolute atomic E-state index is 6.19. The van der Waals surface area contributed by atoms with Crippen molar-refractivity contribution in [3.05, 3.63) is 218 Å². The van der Waals surface area contributed by atoms with E-state index in [0.29, 0.717) is 0 Å². The quantitative estimate of drug-likeness (QED) is 0.177. The molecule has 5 heteroatoms. The maximum Gasteiger partial charge on any atom is 0.135 e. The van der Waals surface area contributed by atoms with Gasteiger partial charge in [-0.15, -0.1) is 0 Å². The van der Waals surface area contributed by atoms with Crippen molar-refractivity contribution in [2.45, 2.75) is 19.3 Å². The molecule has 13 aromatic rings. The SMILES string of the molecule is CC1(C)c2ccccc2N(c2ccc(-n3c4ccccc4c4cc5ccn(-c6ccc7oc8ccccc8c7c6)c5cc43)cc2)c2cc3c(ccn3-c3cccc4ccccc34)cc21. The van der Waals surface area contributed by atoms with E-state index in [4.69, 9.17) is 4.42 Å². The third-order valence-electron chi connectivity index (χ3n) is 14.1. The van der Waals surface area contributed by atoms with Crippen LogP contribution in [0.15, 0.2) is 211 Å². The molecule has 0 saturated heterocycles. The van der Waals surface area contributed by atoms with Crippen molar-refractivity contribution in [2.24, 2.45) is 0 Å². The molecule has 0 N–H and O–H groups in total. The molecule has 1 aliphatic heterocycles. The fraction of sp³-hybridized carbons (Fsp3) is 0.0508. The Balaban J connectivity index is 0.930. The first-order valence-corrected chi connectivity index (χ1v) is 22.1. The molecule has 0 spiro atoms. The Morgan fingerprint density at radius 1 is 0.359 bits per heavy atom. The van der Waals surface area contributed by atoms with E-state index in [1.807, 2.05) is 12.1 Å². The number of nitrogens with zero attached hydrogens (tertiary/aromatic N) is 4. The van der Waals surface area contributed by atoms with Gasteiger partial charge in [0.2, 0.25) is 0 Å². The zero-order valence-corrected chi connectivity index (χ0v) is 35.3. The highest BCUT2D eigenvalue weighted by molar-refractivity contribution is 6.14. The molecule has 0 unspecified atom stereocenters. The largest absolute Gasteiger partial charge is 0.456 e. The Kier molecular flexibility index (Phi) is 7.11. The zero-order chi connectivity index (χ0) is 42.3. The molecule has 0 bridgehead atoms. The van der Waals surface area contributed by atoms with Crippen LogP contribution in [0.4, 0.5) is 17.1 Å². The highest BCUT2D eigenvalue weighted by atomic mass is 16.3. The lowest BCUT2D eigenvalue weighted by Gasteiger charge is -2.42. The number of benzene rings is 9. The van der Waals surface area contributed by atoms with Gasteiger partial charge in [0, 0.05) is 72.6 Å². The second-order valence-corrected chi connectivity index (χ2v) is 17.9. The predicted octanol–water partition coefficient (Wildman–Crippen LogP) is 15.8. The van der Waals surface area contributed by atoms with Crippen LogP contribution in [0.1, 0.15) is 25.0 Å². The Hall–Kier alpha value is -8.28. The fourth-order valence-electron chi connectivity index (χ4n) is 11.0. The minimum Gasteiger partial charge on any atom is -0.456 e. The van der Waals surface area contributed by atoms with E-state index in [1.54, 1.807) is 0 Å². The van der Waals surface area contributed by atoms with Gasteiger partial charge < -0.3 is 23.0 Å². The molecule has 0 fully saturated rings. The van der Waals surface area contributed by atoms with Crippen molar-refractivity contribution in [3.8, 4) is 17.1 Å². The molecule has 9 aromatic carbocycles. The maximum atomic E-state index is 6.19. The second-order valence-electron chi connectivity index (χ2n) is 17.9. The molecule has 0 amide bonds. The molecule has 5 heterocycles. The van der Waals surface area contributed by atoms with Crippen LogP contribution in [0.2, 0.25) is 0 Å². The summed E-state index contributed by atoms with van der Waals surface area (Å²) in [5.41, 5.74) is 15.9. The van der Waals surface area contributed by atoms with Gasteiger partial charge in [-0.25, -0.2) is 0 Å². The van der Waals surface area contributed by atoms with Gasteiger partial charge in [0.05, 0.1) is 39.1 Å². The molecule has 64 heavy (non-hydrogen) atoms. The lowest BCUT2D eigenvalue weighted by Crippen LogP contribution is -2.30. The van der Waals surface area contributed by atoms with Crippen molar-refractivity contribution < 1.29 is 4.42 Å². The first-order chi connectivity index (χ1) is 31.5. The van der Waals surface area contributed by atoms with Crippen LogP contribution in [-0.4, -0.2) is 13.7 Å². The van der Waals surface area contributed by atoms with Gasteiger partial charge in [-0.1, -0.05) is 105 Å². The molecule has 0 radical (unpaired) electrons. The van der Waals surface area contributed by atoms with E-state index >= 15 is 0 Å². The van der Waals surface area contributed by atoms with Crippen LogP contribution in [-0.2, 0) is 5.41 Å². The Morgan fingerprint density at radius 2 is 1.02 bits per heavy atom. The van der Waals surface area contributed by atoms with E-state index in [9.17, 15) is 0 Å². The van der Waals surface area contributed by atoms with E-state index in [-0.39, 0.29) is 5.41 Å². The van der Waals surface area contributed by atoms with E-state index in [0.717, 1.165) is 44.5 Å². The summed E-state index contributed by atoms with van der Waals surface area (Å²) in [7, 11) is 0. The van der Waals surface area contributed by atoms with Gasteiger partial charge >= 0.3 is 0 Å². The minimum absolute atomic E-state index is 0.206. The number of rotatable bonds is 4. The smallest absolute Gasteiger partial charge is 0.135 e. The van der Waals surface area contributed by atoms with Gasteiger partial charge in [-0.3, -0.25) is 0 Å². The molecular weight excluding hydrogens is 781 g/mol. The molecule has 0 atom stereocenters. The van der Waals surface area contributed by atoms with Gasteiger partial charge in [0.25, 0.3) is 0 Å². The summed E-state index contributed by atoms with van der Waals surface area (Å²) in [6.45, 7) is 4.73. The summed E-state index contributed by atoms with van der Waals surface area (Å²) >= 11 is 0. The molecule has 5 nitrogen and oxygen atoms in total. The monoisotopic (exact) mass is 820 g/mol. The summed E-state index contributed by atoms with van der Waals surface area (Å²) in [5, 5.41) is 9.63. The molecule has 14 rings (SSSR count).